The minimum atomic E-state index is -1.50. The number of nitrogens with two attached hydrogens (primary N) is 1. The van der Waals surface area contributed by atoms with E-state index in [0.717, 1.165) is 26.6 Å². The summed E-state index contributed by atoms with van der Waals surface area (Å²) in [6, 6.07) is 3.97. The van der Waals surface area contributed by atoms with E-state index in [2.05, 4.69) is 25.4 Å². The van der Waals surface area contributed by atoms with Crippen molar-refractivity contribution >= 4 is 74.4 Å². The third kappa shape index (κ3) is 5.26. The van der Waals surface area contributed by atoms with Crippen molar-refractivity contribution < 1.29 is 33.3 Å². The minimum Gasteiger partial charge on any atom is -0.543 e. The largest absolute Gasteiger partial charge is 0.543 e. The predicted molar refractivity (Wildman–Crippen MR) is 161 cm³/mol. The number of nitrogens with zero attached hydrogens (tertiary/aromatic N) is 5. The first kappa shape index (κ1) is 29.6. The van der Waals surface area contributed by atoms with E-state index in [1.165, 1.54) is 42.1 Å². The first-order valence-electron chi connectivity index (χ1n) is 12.9. The number of carboxylic acid groups (broad SMARTS) is 1. The zero-order valence-electron chi connectivity index (χ0n) is 23.1. The number of pyridine rings is 1. The minimum absolute atomic E-state index is 0.170. The third-order valence-corrected chi connectivity index (χ3v) is 10.2. The number of β-lactam (4-membered cyclic amide) rings is 1. The summed E-state index contributed by atoms with van der Waals surface area (Å²) in [5.41, 5.74) is 7.00. The normalized spacial score (nSPS) is 18.3. The van der Waals surface area contributed by atoms with Crippen LogP contribution in [0.4, 0.5) is 9.52 Å². The van der Waals surface area contributed by atoms with E-state index >= 15 is 4.39 Å². The molecule has 1 unspecified atom stereocenters. The number of fused-ring (bicyclic) bond motifs is 2. The van der Waals surface area contributed by atoms with Gasteiger partial charge in [-0.3, -0.25) is 14.5 Å². The summed E-state index contributed by atoms with van der Waals surface area (Å²) in [5, 5.41) is 20.4. The maximum atomic E-state index is 15.1. The quantitative estimate of drug-likeness (QED) is 0.0767. The molecule has 2 aliphatic heterocycles. The molecule has 2 amide bonds. The van der Waals surface area contributed by atoms with Gasteiger partial charge in [0.05, 0.1) is 22.6 Å². The van der Waals surface area contributed by atoms with Crippen LogP contribution in [0.3, 0.4) is 0 Å². The molecule has 5 heterocycles. The van der Waals surface area contributed by atoms with Gasteiger partial charge in [0.25, 0.3) is 11.8 Å². The zero-order valence-corrected chi connectivity index (χ0v) is 25.5. The number of anilines is 1. The van der Waals surface area contributed by atoms with Crippen molar-refractivity contribution in [3.8, 4) is 11.4 Å². The average Bonchev–Trinajstić information content (AvgIpc) is 3.69. The number of nitrogen functional groups attached to an aromatic ring is 1. The van der Waals surface area contributed by atoms with Crippen LogP contribution in [-0.2, 0) is 26.3 Å². The number of carbonyl (C=O) groups is 3. The molecular formula is C27H23FN8O5S3. The van der Waals surface area contributed by atoms with E-state index in [1.807, 2.05) is 23.9 Å². The van der Waals surface area contributed by atoms with E-state index in [4.69, 9.17) is 10.6 Å². The number of nitrogens with one attached hydrogen (secondary N) is 2. The molecular weight excluding hydrogens is 632 g/mol. The molecule has 1 aromatic carbocycles. The Balaban J connectivity index is 1.22. The lowest BCUT2D eigenvalue weighted by atomic mass is 10.0. The number of aliphatic carboxylic acids is 1. The number of carbonyl (C=O) groups excluding carboxylic acids is 3. The fourth-order valence-electron chi connectivity index (χ4n) is 4.97. The van der Waals surface area contributed by atoms with Gasteiger partial charge in [-0.2, -0.15) is 0 Å². The highest BCUT2D eigenvalue weighted by atomic mass is 32.2. The Morgan fingerprint density at radius 3 is 2.91 bits per heavy atom. The number of amides is 2. The molecule has 0 radical (unpaired) electrons. The molecule has 226 valence electrons. The van der Waals surface area contributed by atoms with Gasteiger partial charge in [-0.1, -0.05) is 5.16 Å². The van der Waals surface area contributed by atoms with Crippen LogP contribution in [0.15, 0.2) is 63.5 Å². The third-order valence-electron chi connectivity index (χ3n) is 7.02. The molecule has 2 atom stereocenters. The lowest BCUT2D eigenvalue weighted by molar-refractivity contribution is -0.645. The Kier molecular flexibility index (Phi) is 8.00. The lowest BCUT2D eigenvalue weighted by Crippen LogP contribution is -2.71. The number of aromatic amines is 1. The fourth-order valence-corrected chi connectivity index (χ4v) is 8.04. The van der Waals surface area contributed by atoms with Crippen LogP contribution in [0.5, 0.6) is 0 Å². The molecule has 4 aromatic rings. The number of thioether (sulfide) groups is 2. The smallest absolute Gasteiger partial charge is 0.276 e. The van der Waals surface area contributed by atoms with Crippen molar-refractivity contribution in [1.29, 1.82) is 0 Å². The number of oxime groups is 1. The number of carboxylic acids is 1. The lowest BCUT2D eigenvalue weighted by Gasteiger charge is -2.50. The number of halogens is 1. The molecule has 0 bridgehead atoms. The number of imidazole rings is 1. The Labute approximate surface area is 261 Å². The Hall–Kier alpha value is -4.48. The van der Waals surface area contributed by atoms with Crippen molar-refractivity contribution in [1.82, 2.24) is 25.2 Å². The number of benzene rings is 1. The van der Waals surface area contributed by atoms with Crippen molar-refractivity contribution in [3.63, 3.8) is 0 Å². The highest BCUT2D eigenvalue weighted by Crippen LogP contribution is 2.42. The fraction of sp³-hybridized carbons (Fsp3) is 0.222. The summed E-state index contributed by atoms with van der Waals surface area (Å²) >= 11 is 3.75. The summed E-state index contributed by atoms with van der Waals surface area (Å²) in [6.45, 7) is 0. The Bertz CT molecular complexity index is 1880. The first-order valence-corrected chi connectivity index (χ1v) is 15.8. The first-order chi connectivity index (χ1) is 21.2. The molecule has 4 N–H and O–H groups in total. The van der Waals surface area contributed by atoms with Gasteiger partial charge < -0.3 is 30.8 Å². The van der Waals surface area contributed by atoms with E-state index in [-0.39, 0.29) is 33.7 Å². The average molecular weight is 655 g/mol. The maximum absolute atomic E-state index is 15.1. The topological polar surface area (TPSA) is 183 Å². The second-order valence-corrected chi connectivity index (χ2v) is 12.7. The molecule has 13 nitrogen and oxygen atoms in total. The Morgan fingerprint density at radius 1 is 1.41 bits per heavy atom. The predicted octanol–water partition coefficient (Wildman–Crippen LogP) is 0.779. The highest BCUT2D eigenvalue weighted by molar-refractivity contribution is 8.01. The van der Waals surface area contributed by atoms with Crippen LogP contribution in [0, 0.1) is 5.82 Å². The summed E-state index contributed by atoms with van der Waals surface area (Å²) in [7, 11) is 3.11. The van der Waals surface area contributed by atoms with Crippen LogP contribution in [0.2, 0.25) is 0 Å². The summed E-state index contributed by atoms with van der Waals surface area (Å²) in [4.78, 5) is 56.2. The van der Waals surface area contributed by atoms with Gasteiger partial charge in [0.1, 0.15) is 42.9 Å². The summed E-state index contributed by atoms with van der Waals surface area (Å²) in [5.74, 6) is -2.38. The van der Waals surface area contributed by atoms with Gasteiger partial charge in [-0.25, -0.2) is 18.9 Å². The van der Waals surface area contributed by atoms with Crippen LogP contribution < -0.4 is 20.7 Å². The molecule has 6 rings (SSSR count). The number of aryl methyl sites for hydroxylation is 1. The SMILES string of the molecule is CO/N=C(\C(=O)NC1C(=O)N2C(C(=O)[O-])=C(CSc3cc[n+](C)c4cc(-c5ncc[nH]5)c(F)cc34)CS[C@@H]12)c1csc(N)n1. The summed E-state index contributed by atoms with van der Waals surface area (Å²) in [6.07, 6.45) is 5.00. The van der Waals surface area contributed by atoms with Crippen LogP contribution in [-0.4, -0.2) is 73.4 Å². The van der Waals surface area contributed by atoms with Gasteiger partial charge in [0.2, 0.25) is 5.52 Å². The number of hydrogen-bond acceptors (Lipinski definition) is 12. The van der Waals surface area contributed by atoms with Gasteiger partial charge >= 0.3 is 0 Å². The summed E-state index contributed by atoms with van der Waals surface area (Å²) < 4.78 is 17.0. The molecule has 1 fully saturated rings. The van der Waals surface area contributed by atoms with Crippen molar-refractivity contribution in [2.45, 2.75) is 16.3 Å². The monoisotopic (exact) mass is 654 g/mol. The van der Waals surface area contributed by atoms with Crippen LogP contribution in [0.25, 0.3) is 22.3 Å². The molecule has 0 spiro atoms. The number of thiazole rings is 1. The van der Waals surface area contributed by atoms with Crippen molar-refractivity contribution in [3.05, 3.63) is 65.0 Å². The van der Waals surface area contributed by atoms with Crippen molar-refractivity contribution in [2.24, 2.45) is 12.2 Å². The Morgan fingerprint density at radius 2 is 2.23 bits per heavy atom. The molecule has 44 heavy (non-hydrogen) atoms. The molecule has 2 aliphatic rings. The molecule has 1 saturated heterocycles. The van der Waals surface area contributed by atoms with Crippen LogP contribution >= 0.6 is 34.9 Å². The van der Waals surface area contributed by atoms with Gasteiger partial charge in [-0.05, 0) is 11.6 Å². The number of hydrogen-bond donors (Lipinski definition) is 3. The van der Waals surface area contributed by atoms with E-state index in [9.17, 15) is 19.5 Å². The standard InChI is InChI=1S/C27H23FN8O5S3/c1-35-6-3-18(14-7-15(28)13(8-17(14)35)22-30-4-5-31-22)42-9-12-10-43-25-20(24(38)36(25)21(12)26(39)40)33-23(37)19(34-41-2)16-11-44-27(29)32-16/h3-8,11,20,25H,9-10H2,1-2H3,(H4,29,32,33,37,39,40)/b34-19-/t20?,25-/m0/s1. The van der Waals surface area contributed by atoms with Crippen LogP contribution in [0.1, 0.15) is 5.69 Å². The number of aromatic nitrogens is 4. The number of H-pyrrole nitrogens is 1. The van der Waals surface area contributed by atoms with E-state index in [1.54, 1.807) is 18.5 Å². The van der Waals surface area contributed by atoms with Crippen molar-refractivity contribution in [2.75, 3.05) is 24.3 Å². The second-order valence-electron chi connectivity index (χ2n) is 9.66. The van der Waals surface area contributed by atoms with E-state index in [0.29, 0.717) is 22.3 Å². The van der Waals surface area contributed by atoms with E-state index < -0.39 is 35.0 Å². The second kappa shape index (κ2) is 11.9. The maximum Gasteiger partial charge on any atom is 0.276 e. The molecule has 0 aliphatic carbocycles. The molecule has 0 saturated carbocycles. The number of rotatable bonds is 9. The van der Waals surface area contributed by atoms with Gasteiger partial charge in [-0.15, -0.1) is 34.9 Å². The molecule has 3 aromatic heterocycles. The van der Waals surface area contributed by atoms with Gasteiger partial charge in [0, 0.05) is 46.3 Å². The molecule has 17 heteroatoms. The zero-order chi connectivity index (χ0) is 31.1. The van der Waals surface area contributed by atoms with Gasteiger partial charge in [0.15, 0.2) is 17.0 Å². The highest BCUT2D eigenvalue weighted by Gasteiger charge is 2.53.